The summed E-state index contributed by atoms with van der Waals surface area (Å²) >= 11 is 1.72. The monoisotopic (exact) mass is 243 g/mol. The Balaban J connectivity index is 2.12. The van der Waals surface area contributed by atoms with Crippen LogP contribution < -0.4 is 5.73 Å². The van der Waals surface area contributed by atoms with Crippen LogP contribution in [0.3, 0.4) is 0 Å². The minimum absolute atomic E-state index is 0.762. The van der Waals surface area contributed by atoms with Crippen molar-refractivity contribution in [1.82, 2.24) is 9.55 Å². The number of aromatic nitrogens is 2. The smallest absolute Gasteiger partial charge is 0.107 e. The van der Waals surface area contributed by atoms with E-state index in [1.807, 2.05) is 25.1 Å². The maximum Gasteiger partial charge on any atom is 0.107 e. The van der Waals surface area contributed by atoms with Crippen LogP contribution in [0.1, 0.15) is 11.4 Å². The van der Waals surface area contributed by atoms with Crippen LogP contribution in [-0.4, -0.2) is 9.55 Å². The molecule has 0 aliphatic heterocycles. The highest BCUT2D eigenvalue weighted by atomic mass is 32.1. The van der Waals surface area contributed by atoms with Crippen LogP contribution in [0.5, 0.6) is 0 Å². The summed E-state index contributed by atoms with van der Waals surface area (Å²) in [7, 11) is 0. The highest BCUT2D eigenvalue weighted by Gasteiger charge is 2.07. The normalized spacial score (nSPS) is 11.1. The van der Waals surface area contributed by atoms with Gasteiger partial charge in [0.1, 0.15) is 5.82 Å². The van der Waals surface area contributed by atoms with Crippen LogP contribution in [0.2, 0.25) is 0 Å². The molecular weight excluding hydrogens is 230 g/mol. The van der Waals surface area contributed by atoms with Gasteiger partial charge in [-0.15, -0.1) is 0 Å². The molecule has 0 amide bonds. The Morgan fingerprint density at radius 1 is 1.35 bits per heavy atom. The summed E-state index contributed by atoms with van der Waals surface area (Å²) in [6, 6.07) is 8.03. The SMILES string of the molecule is Cc1nc2cc(N)ccc2n1Cc1ccsc1. The molecule has 0 unspecified atom stereocenters. The quantitative estimate of drug-likeness (QED) is 0.703. The third-order valence-electron chi connectivity index (χ3n) is 2.88. The second-order valence-corrected chi connectivity index (χ2v) is 4.90. The number of hydrogen-bond acceptors (Lipinski definition) is 3. The number of rotatable bonds is 2. The molecule has 0 aliphatic rings. The third kappa shape index (κ3) is 1.80. The molecule has 2 N–H and O–H groups in total. The summed E-state index contributed by atoms with van der Waals surface area (Å²) in [6.45, 7) is 2.90. The number of hydrogen-bond donors (Lipinski definition) is 1. The molecule has 3 aromatic rings. The van der Waals surface area contributed by atoms with Gasteiger partial charge in [0.2, 0.25) is 0 Å². The van der Waals surface area contributed by atoms with Crippen LogP contribution in [0, 0.1) is 6.92 Å². The average Bonchev–Trinajstić information content (AvgIpc) is 2.88. The van der Waals surface area contributed by atoms with Crippen LogP contribution in [0.25, 0.3) is 11.0 Å². The summed E-state index contributed by atoms with van der Waals surface area (Å²) in [5.41, 5.74) is 9.96. The topological polar surface area (TPSA) is 43.8 Å². The van der Waals surface area contributed by atoms with Crippen molar-refractivity contribution in [2.75, 3.05) is 5.73 Å². The van der Waals surface area contributed by atoms with Crippen molar-refractivity contribution in [3.63, 3.8) is 0 Å². The number of fused-ring (bicyclic) bond motifs is 1. The first kappa shape index (κ1) is 10.4. The fourth-order valence-electron chi connectivity index (χ4n) is 2.03. The van der Waals surface area contributed by atoms with E-state index in [1.165, 1.54) is 5.56 Å². The summed E-state index contributed by atoms with van der Waals surface area (Å²) in [6.07, 6.45) is 0. The van der Waals surface area contributed by atoms with Crippen molar-refractivity contribution in [2.24, 2.45) is 0 Å². The lowest BCUT2D eigenvalue weighted by Gasteiger charge is -2.05. The van der Waals surface area contributed by atoms with Gasteiger partial charge in [-0.25, -0.2) is 4.98 Å². The third-order valence-corrected chi connectivity index (χ3v) is 3.62. The van der Waals surface area contributed by atoms with Crippen molar-refractivity contribution >= 4 is 28.1 Å². The lowest BCUT2D eigenvalue weighted by Crippen LogP contribution is -2.00. The zero-order valence-electron chi connectivity index (χ0n) is 9.55. The van der Waals surface area contributed by atoms with E-state index in [0.717, 1.165) is 29.1 Å². The van der Waals surface area contributed by atoms with Crippen molar-refractivity contribution in [3.05, 3.63) is 46.4 Å². The summed E-state index contributed by atoms with van der Waals surface area (Å²) in [4.78, 5) is 4.54. The maximum absolute atomic E-state index is 5.77. The van der Waals surface area contributed by atoms with Crippen molar-refractivity contribution in [2.45, 2.75) is 13.5 Å². The molecule has 0 aliphatic carbocycles. The van der Waals surface area contributed by atoms with E-state index in [9.17, 15) is 0 Å². The molecule has 3 nitrogen and oxygen atoms in total. The molecule has 0 atom stereocenters. The van der Waals surface area contributed by atoms with E-state index in [1.54, 1.807) is 11.3 Å². The van der Waals surface area contributed by atoms with Crippen LogP contribution in [0.15, 0.2) is 35.0 Å². The fourth-order valence-corrected chi connectivity index (χ4v) is 2.69. The first-order chi connectivity index (χ1) is 8.24. The molecule has 4 heteroatoms. The number of benzene rings is 1. The van der Waals surface area contributed by atoms with E-state index in [0.29, 0.717) is 0 Å². The number of nitrogens with two attached hydrogens (primary N) is 1. The van der Waals surface area contributed by atoms with Gasteiger partial charge < -0.3 is 10.3 Å². The molecule has 0 spiro atoms. The Bertz CT molecular complexity index is 653. The predicted molar refractivity (Wildman–Crippen MR) is 72.3 cm³/mol. The second kappa shape index (κ2) is 3.89. The molecule has 0 saturated carbocycles. The Kier molecular flexibility index (Phi) is 2.37. The molecule has 1 aromatic carbocycles. The molecule has 2 heterocycles. The number of nitrogens with zero attached hydrogens (tertiary/aromatic N) is 2. The largest absolute Gasteiger partial charge is 0.399 e. The number of imidazole rings is 1. The van der Waals surface area contributed by atoms with Gasteiger partial charge in [0.15, 0.2) is 0 Å². The van der Waals surface area contributed by atoms with E-state index in [-0.39, 0.29) is 0 Å². The summed E-state index contributed by atoms with van der Waals surface area (Å²) in [5.74, 6) is 1.02. The van der Waals surface area contributed by atoms with E-state index >= 15 is 0 Å². The van der Waals surface area contributed by atoms with E-state index < -0.39 is 0 Å². The molecule has 0 fully saturated rings. The predicted octanol–water partition coefficient (Wildman–Crippen LogP) is 3.04. The van der Waals surface area contributed by atoms with Gasteiger partial charge in [0, 0.05) is 5.69 Å². The zero-order chi connectivity index (χ0) is 11.8. The molecule has 0 radical (unpaired) electrons. The minimum Gasteiger partial charge on any atom is -0.399 e. The van der Waals surface area contributed by atoms with E-state index in [4.69, 9.17) is 5.73 Å². The Morgan fingerprint density at radius 3 is 3.00 bits per heavy atom. The van der Waals surface area contributed by atoms with Gasteiger partial charge >= 0.3 is 0 Å². The second-order valence-electron chi connectivity index (χ2n) is 4.12. The maximum atomic E-state index is 5.77. The standard InChI is InChI=1S/C13H13N3S/c1-9-15-12-6-11(14)2-3-13(12)16(9)7-10-4-5-17-8-10/h2-6,8H,7,14H2,1H3. The van der Waals surface area contributed by atoms with Crippen LogP contribution >= 0.6 is 11.3 Å². The van der Waals surface area contributed by atoms with Crippen molar-refractivity contribution in [3.8, 4) is 0 Å². The average molecular weight is 243 g/mol. The highest BCUT2D eigenvalue weighted by molar-refractivity contribution is 7.07. The van der Waals surface area contributed by atoms with Gasteiger partial charge in [-0.2, -0.15) is 11.3 Å². The number of anilines is 1. The minimum atomic E-state index is 0.762. The molecular formula is C13H13N3S. The molecule has 17 heavy (non-hydrogen) atoms. The first-order valence-electron chi connectivity index (χ1n) is 5.47. The fraction of sp³-hybridized carbons (Fsp3) is 0.154. The van der Waals surface area contributed by atoms with Crippen molar-refractivity contribution in [1.29, 1.82) is 0 Å². The van der Waals surface area contributed by atoms with Gasteiger partial charge in [-0.05, 0) is 47.5 Å². The Labute approximate surface area is 104 Å². The molecule has 2 aromatic heterocycles. The Hall–Kier alpha value is -1.81. The van der Waals surface area contributed by atoms with Gasteiger partial charge in [-0.1, -0.05) is 0 Å². The molecule has 3 rings (SSSR count). The summed E-state index contributed by atoms with van der Waals surface area (Å²) < 4.78 is 2.22. The lowest BCUT2D eigenvalue weighted by molar-refractivity contribution is 0.788. The number of thiophene rings is 1. The molecule has 0 saturated heterocycles. The van der Waals surface area contributed by atoms with Gasteiger partial charge in [0.25, 0.3) is 0 Å². The molecule has 86 valence electrons. The molecule has 0 bridgehead atoms. The van der Waals surface area contributed by atoms with Gasteiger partial charge in [0.05, 0.1) is 17.6 Å². The first-order valence-corrected chi connectivity index (χ1v) is 6.42. The highest BCUT2D eigenvalue weighted by Crippen LogP contribution is 2.20. The Morgan fingerprint density at radius 2 is 2.24 bits per heavy atom. The van der Waals surface area contributed by atoms with Crippen LogP contribution in [-0.2, 0) is 6.54 Å². The number of aryl methyl sites for hydroxylation is 1. The van der Waals surface area contributed by atoms with Gasteiger partial charge in [-0.3, -0.25) is 0 Å². The zero-order valence-corrected chi connectivity index (χ0v) is 10.4. The van der Waals surface area contributed by atoms with Crippen LogP contribution in [0.4, 0.5) is 5.69 Å². The lowest BCUT2D eigenvalue weighted by atomic mass is 10.2. The number of nitrogen functional groups attached to an aromatic ring is 1. The van der Waals surface area contributed by atoms with E-state index in [2.05, 4.69) is 26.4 Å². The summed E-state index contributed by atoms with van der Waals surface area (Å²) in [5, 5.41) is 4.27. The van der Waals surface area contributed by atoms with Crippen molar-refractivity contribution < 1.29 is 0 Å².